The number of halogens is 1. The van der Waals surface area contributed by atoms with E-state index in [-0.39, 0.29) is 11.0 Å². The lowest BCUT2D eigenvalue weighted by molar-refractivity contribution is -0.135. The van der Waals surface area contributed by atoms with Gasteiger partial charge in [-0.3, -0.25) is 4.79 Å². The second-order valence-corrected chi connectivity index (χ2v) is 6.04. The van der Waals surface area contributed by atoms with Crippen molar-refractivity contribution in [2.45, 2.75) is 32.2 Å². The van der Waals surface area contributed by atoms with Gasteiger partial charge in [-0.05, 0) is 29.5 Å². The summed E-state index contributed by atoms with van der Waals surface area (Å²) in [5, 5.41) is 0.480. The molecule has 3 rings (SSSR count). The third-order valence-electron chi connectivity index (χ3n) is 4.26. The molecule has 1 aromatic heterocycles. The van der Waals surface area contributed by atoms with E-state index >= 15 is 0 Å². The van der Waals surface area contributed by atoms with E-state index in [2.05, 4.69) is 18.6 Å². The normalized spacial score (nSPS) is 16.0. The first-order chi connectivity index (χ1) is 9.85. The third-order valence-corrected chi connectivity index (χ3v) is 4.26. The van der Waals surface area contributed by atoms with E-state index in [0.717, 1.165) is 31.2 Å². The highest BCUT2D eigenvalue weighted by Crippen LogP contribution is 2.40. The highest BCUT2D eigenvalue weighted by molar-refractivity contribution is 6.43. The van der Waals surface area contributed by atoms with Crippen LogP contribution in [0.1, 0.15) is 36.2 Å². The Morgan fingerprint density at radius 3 is 2.71 bits per heavy atom. The largest absolute Gasteiger partial charge is 0.463 e. The zero-order valence-electron chi connectivity index (χ0n) is 12.2. The molecule has 5 heteroatoms. The Morgan fingerprint density at radius 2 is 2.05 bits per heavy atom. The van der Waals surface area contributed by atoms with Crippen LogP contribution in [-0.4, -0.2) is 23.4 Å². The van der Waals surface area contributed by atoms with E-state index in [1.54, 1.807) is 6.20 Å². The smallest absolute Gasteiger partial charge is 0.379 e. The summed E-state index contributed by atoms with van der Waals surface area (Å²) in [6.45, 7) is 4.84. The van der Waals surface area contributed by atoms with Gasteiger partial charge in [-0.15, -0.1) is 0 Å². The summed E-state index contributed by atoms with van der Waals surface area (Å²) in [5.74, 6) is -2.07. The average Bonchev–Trinajstić information content (AvgIpc) is 2.80. The molecule has 0 amide bonds. The van der Waals surface area contributed by atoms with E-state index in [0.29, 0.717) is 5.39 Å². The van der Waals surface area contributed by atoms with Gasteiger partial charge in [0.2, 0.25) is 0 Å². The molecule has 21 heavy (non-hydrogen) atoms. The fourth-order valence-electron chi connectivity index (χ4n) is 3.01. The Labute approximate surface area is 121 Å². The number of hydrogen-bond donors (Lipinski definition) is 0. The zero-order chi connectivity index (χ0) is 15.4. The standard InChI is InChI=1S/C16H16FNO3/c1-16(2)4-5-18-8-11(14(19)15(20)21-3)10-6-9(17)7-12(16)13(10)18/h6-8H,4-5H2,1-3H3. The van der Waals surface area contributed by atoms with Gasteiger partial charge in [0.05, 0.1) is 18.2 Å². The van der Waals surface area contributed by atoms with Crippen LogP contribution in [0.4, 0.5) is 4.39 Å². The molecule has 1 aliphatic rings. The van der Waals surface area contributed by atoms with Gasteiger partial charge >= 0.3 is 5.97 Å². The molecule has 1 aromatic carbocycles. The average molecular weight is 289 g/mol. The van der Waals surface area contributed by atoms with Crippen LogP contribution in [0.2, 0.25) is 0 Å². The Kier molecular flexibility index (Phi) is 2.90. The van der Waals surface area contributed by atoms with Crippen LogP contribution in [0.15, 0.2) is 18.3 Å². The molecule has 0 spiro atoms. The van der Waals surface area contributed by atoms with Gasteiger partial charge in [0.25, 0.3) is 5.78 Å². The predicted molar refractivity (Wildman–Crippen MR) is 75.9 cm³/mol. The Bertz CT molecular complexity index is 773. The molecule has 0 saturated heterocycles. The van der Waals surface area contributed by atoms with Crippen LogP contribution in [0.3, 0.4) is 0 Å². The number of aromatic nitrogens is 1. The van der Waals surface area contributed by atoms with Crippen LogP contribution < -0.4 is 0 Å². The number of nitrogens with zero attached hydrogens (tertiary/aromatic N) is 1. The monoisotopic (exact) mass is 289 g/mol. The lowest BCUT2D eigenvalue weighted by Crippen LogP contribution is -2.25. The van der Waals surface area contributed by atoms with Crippen molar-refractivity contribution < 1.29 is 18.7 Å². The van der Waals surface area contributed by atoms with Crippen LogP contribution in [0.25, 0.3) is 10.9 Å². The number of benzene rings is 1. The number of aryl methyl sites for hydroxylation is 1. The minimum absolute atomic E-state index is 0.166. The van der Waals surface area contributed by atoms with Crippen molar-refractivity contribution in [3.8, 4) is 0 Å². The van der Waals surface area contributed by atoms with Crippen molar-refractivity contribution in [2.75, 3.05) is 7.11 Å². The second kappa shape index (κ2) is 4.41. The van der Waals surface area contributed by atoms with Crippen molar-refractivity contribution in [2.24, 2.45) is 0 Å². The van der Waals surface area contributed by atoms with Crippen LogP contribution in [-0.2, 0) is 21.5 Å². The Morgan fingerprint density at radius 1 is 1.33 bits per heavy atom. The number of methoxy groups -OCH3 is 1. The summed E-state index contributed by atoms with van der Waals surface area (Å²) in [6, 6.07) is 2.83. The number of Topliss-reactive ketones (excluding diaryl/α,β-unsaturated/α-hetero) is 1. The van der Waals surface area contributed by atoms with Crippen LogP contribution >= 0.6 is 0 Å². The number of ketones is 1. The maximum atomic E-state index is 14.0. The molecule has 4 nitrogen and oxygen atoms in total. The predicted octanol–water partition coefficient (Wildman–Crippen LogP) is 2.82. The van der Waals surface area contributed by atoms with Gasteiger partial charge in [-0.1, -0.05) is 13.8 Å². The number of hydrogen-bond acceptors (Lipinski definition) is 3. The summed E-state index contributed by atoms with van der Waals surface area (Å²) in [4.78, 5) is 23.6. The summed E-state index contributed by atoms with van der Waals surface area (Å²) < 4.78 is 20.4. The van der Waals surface area contributed by atoms with E-state index in [4.69, 9.17) is 0 Å². The van der Waals surface area contributed by atoms with Gasteiger partial charge in [0, 0.05) is 18.1 Å². The minimum atomic E-state index is -0.932. The summed E-state index contributed by atoms with van der Waals surface area (Å²) in [6.07, 6.45) is 2.47. The maximum absolute atomic E-state index is 14.0. The van der Waals surface area contributed by atoms with Gasteiger partial charge in [0.15, 0.2) is 0 Å². The second-order valence-electron chi connectivity index (χ2n) is 6.04. The first-order valence-electron chi connectivity index (χ1n) is 6.80. The van der Waals surface area contributed by atoms with E-state index in [1.807, 2.05) is 4.57 Å². The van der Waals surface area contributed by atoms with E-state index < -0.39 is 17.6 Å². The zero-order valence-corrected chi connectivity index (χ0v) is 12.2. The fourth-order valence-corrected chi connectivity index (χ4v) is 3.01. The first kappa shape index (κ1) is 13.8. The minimum Gasteiger partial charge on any atom is -0.463 e. The highest BCUT2D eigenvalue weighted by atomic mass is 19.1. The molecule has 2 heterocycles. The molecule has 0 unspecified atom stereocenters. The topological polar surface area (TPSA) is 48.3 Å². The van der Waals surface area contributed by atoms with Gasteiger partial charge in [-0.2, -0.15) is 0 Å². The molecule has 0 fully saturated rings. The molecule has 0 radical (unpaired) electrons. The van der Waals surface area contributed by atoms with Gasteiger partial charge < -0.3 is 9.30 Å². The molecule has 0 bridgehead atoms. The van der Waals surface area contributed by atoms with Gasteiger partial charge in [0.1, 0.15) is 5.82 Å². The number of carbonyl (C=O) groups excluding carboxylic acids is 2. The molecular weight excluding hydrogens is 273 g/mol. The quantitative estimate of drug-likeness (QED) is 0.485. The van der Waals surface area contributed by atoms with E-state index in [9.17, 15) is 14.0 Å². The third kappa shape index (κ3) is 1.95. The Balaban J connectivity index is 2.33. The van der Waals surface area contributed by atoms with Crippen molar-refractivity contribution >= 4 is 22.7 Å². The summed E-state index contributed by atoms with van der Waals surface area (Å²) >= 11 is 0. The van der Waals surface area contributed by atoms with Crippen LogP contribution in [0, 0.1) is 5.82 Å². The van der Waals surface area contributed by atoms with Gasteiger partial charge in [-0.25, -0.2) is 9.18 Å². The number of rotatable bonds is 2. The van der Waals surface area contributed by atoms with Crippen molar-refractivity contribution in [1.29, 1.82) is 0 Å². The fraction of sp³-hybridized carbons (Fsp3) is 0.375. The molecule has 0 aliphatic carbocycles. The highest BCUT2D eigenvalue weighted by Gasteiger charge is 2.32. The maximum Gasteiger partial charge on any atom is 0.379 e. The van der Waals surface area contributed by atoms with Crippen molar-refractivity contribution in [1.82, 2.24) is 4.57 Å². The Hall–Kier alpha value is -2.17. The first-order valence-corrected chi connectivity index (χ1v) is 6.80. The lowest BCUT2D eigenvalue weighted by atomic mass is 9.78. The molecular formula is C16H16FNO3. The number of ether oxygens (including phenoxy) is 1. The van der Waals surface area contributed by atoms with Crippen LogP contribution in [0.5, 0.6) is 0 Å². The number of esters is 1. The molecule has 2 aromatic rings. The van der Waals surface area contributed by atoms with Crippen molar-refractivity contribution in [3.05, 3.63) is 35.3 Å². The molecule has 1 aliphatic heterocycles. The molecule has 110 valence electrons. The molecule has 0 N–H and O–H groups in total. The SMILES string of the molecule is COC(=O)C(=O)c1cn2c3c(cc(F)cc13)C(C)(C)CC2. The molecule has 0 saturated carbocycles. The summed E-state index contributed by atoms with van der Waals surface area (Å²) in [5.41, 5.74) is 1.74. The number of carbonyl (C=O) groups is 2. The molecule has 0 atom stereocenters. The van der Waals surface area contributed by atoms with E-state index in [1.165, 1.54) is 12.1 Å². The van der Waals surface area contributed by atoms with Crippen molar-refractivity contribution in [3.63, 3.8) is 0 Å². The summed E-state index contributed by atoms with van der Waals surface area (Å²) in [7, 11) is 1.16. The lowest BCUT2D eigenvalue weighted by Gasteiger charge is -2.31.